The molecular formula is C12H11ClO2. The van der Waals surface area contributed by atoms with Crippen LogP contribution in [0.2, 0.25) is 0 Å². The number of benzene rings is 1. The number of allylic oxidation sites excluding steroid dienone is 2. The van der Waals surface area contributed by atoms with Gasteiger partial charge in [0, 0.05) is 19.3 Å². The van der Waals surface area contributed by atoms with Crippen LogP contribution in [0.25, 0.3) is 0 Å². The summed E-state index contributed by atoms with van der Waals surface area (Å²) in [6.45, 7) is 1.38. The maximum Gasteiger partial charge on any atom is 0.307 e. The van der Waals surface area contributed by atoms with Gasteiger partial charge in [0.25, 0.3) is 0 Å². The molecule has 2 nitrogen and oxygen atoms in total. The fourth-order valence-corrected chi connectivity index (χ4v) is 1.97. The highest BCUT2D eigenvalue weighted by Gasteiger charge is 2.31. The van der Waals surface area contributed by atoms with Gasteiger partial charge in [0.1, 0.15) is 5.76 Å². The molecule has 78 valence electrons. The van der Waals surface area contributed by atoms with Crippen molar-refractivity contribution in [2.75, 3.05) is 0 Å². The van der Waals surface area contributed by atoms with Crippen LogP contribution in [-0.4, -0.2) is 5.97 Å². The van der Waals surface area contributed by atoms with Crippen LogP contribution in [0.5, 0.6) is 0 Å². The Morgan fingerprint density at radius 2 is 2.07 bits per heavy atom. The van der Waals surface area contributed by atoms with Crippen molar-refractivity contribution in [3.05, 3.63) is 46.7 Å². The highest BCUT2D eigenvalue weighted by molar-refractivity contribution is 6.31. The molecule has 0 aliphatic heterocycles. The second-order valence-electron chi connectivity index (χ2n) is 3.53. The average Bonchev–Trinajstić information content (AvgIpc) is 2.24. The van der Waals surface area contributed by atoms with Crippen LogP contribution in [0.15, 0.2) is 41.1 Å². The Bertz CT molecular complexity index is 409. The Balaban J connectivity index is 2.13. The Labute approximate surface area is 93.5 Å². The van der Waals surface area contributed by atoms with Gasteiger partial charge in [0.05, 0.1) is 5.03 Å². The van der Waals surface area contributed by atoms with Gasteiger partial charge in [-0.05, 0) is 5.56 Å². The van der Waals surface area contributed by atoms with Gasteiger partial charge < -0.3 is 4.74 Å². The maximum absolute atomic E-state index is 10.7. The minimum atomic E-state index is -0.310. The molecule has 0 spiro atoms. The van der Waals surface area contributed by atoms with Gasteiger partial charge in [-0.3, -0.25) is 4.79 Å². The van der Waals surface area contributed by atoms with Gasteiger partial charge in [-0.2, -0.15) is 0 Å². The number of hydrogen-bond acceptors (Lipinski definition) is 2. The van der Waals surface area contributed by atoms with Crippen molar-refractivity contribution in [1.82, 2.24) is 0 Å². The number of hydrogen-bond donors (Lipinski definition) is 0. The van der Waals surface area contributed by atoms with E-state index in [1.54, 1.807) is 0 Å². The number of ether oxygens (including phenoxy) is 1. The molecule has 1 unspecified atom stereocenters. The Morgan fingerprint density at radius 1 is 1.40 bits per heavy atom. The molecule has 15 heavy (non-hydrogen) atoms. The van der Waals surface area contributed by atoms with Crippen LogP contribution in [0.3, 0.4) is 0 Å². The molecule has 0 aromatic heterocycles. The summed E-state index contributed by atoms with van der Waals surface area (Å²) >= 11 is 6.06. The SMILES string of the molecule is CC(=O)OC1=C(Cl)C(c2ccccc2)C1. The second-order valence-corrected chi connectivity index (χ2v) is 3.94. The summed E-state index contributed by atoms with van der Waals surface area (Å²) in [6, 6.07) is 9.97. The van der Waals surface area contributed by atoms with Crippen molar-refractivity contribution in [2.45, 2.75) is 19.3 Å². The summed E-state index contributed by atoms with van der Waals surface area (Å²) in [7, 11) is 0. The first-order chi connectivity index (χ1) is 7.18. The quantitative estimate of drug-likeness (QED) is 0.719. The molecule has 1 aliphatic rings. The van der Waals surface area contributed by atoms with Gasteiger partial charge >= 0.3 is 5.97 Å². The van der Waals surface area contributed by atoms with Crippen LogP contribution < -0.4 is 0 Å². The number of esters is 1. The normalized spacial score (nSPS) is 19.7. The maximum atomic E-state index is 10.7. The standard InChI is InChI=1S/C12H11ClO2/c1-8(14)15-11-7-10(12(11)13)9-5-3-2-4-6-9/h2-6,10H,7H2,1H3. The number of rotatable bonds is 2. The molecule has 1 atom stereocenters. The first kappa shape index (κ1) is 10.2. The van der Waals surface area contributed by atoms with Crippen LogP contribution in [0.1, 0.15) is 24.8 Å². The molecule has 0 saturated carbocycles. The summed E-state index contributed by atoms with van der Waals surface area (Å²) in [5, 5.41) is 0.649. The smallest absolute Gasteiger partial charge is 0.307 e. The molecule has 0 bridgehead atoms. The van der Waals surface area contributed by atoms with E-state index in [2.05, 4.69) is 0 Å². The zero-order valence-electron chi connectivity index (χ0n) is 8.37. The zero-order valence-corrected chi connectivity index (χ0v) is 9.12. The predicted octanol–water partition coefficient (Wildman–Crippen LogP) is 3.19. The molecule has 0 N–H and O–H groups in total. The summed E-state index contributed by atoms with van der Waals surface area (Å²) in [5.74, 6) is 0.495. The molecule has 0 heterocycles. The lowest BCUT2D eigenvalue weighted by atomic mass is 9.86. The van der Waals surface area contributed by atoms with Crippen molar-refractivity contribution in [3.8, 4) is 0 Å². The Hall–Kier alpha value is -1.28. The van der Waals surface area contributed by atoms with Crippen LogP contribution in [0, 0.1) is 0 Å². The third kappa shape index (κ3) is 2.05. The fourth-order valence-electron chi connectivity index (χ4n) is 1.65. The van der Waals surface area contributed by atoms with Crippen molar-refractivity contribution in [3.63, 3.8) is 0 Å². The van der Waals surface area contributed by atoms with Crippen LogP contribution in [0.4, 0.5) is 0 Å². The lowest BCUT2D eigenvalue weighted by molar-refractivity contribution is -0.137. The minimum Gasteiger partial charge on any atom is -0.430 e. The molecule has 0 saturated heterocycles. The van der Waals surface area contributed by atoms with Gasteiger partial charge in [0.15, 0.2) is 0 Å². The van der Waals surface area contributed by atoms with Crippen molar-refractivity contribution >= 4 is 17.6 Å². The van der Waals surface area contributed by atoms with E-state index in [9.17, 15) is 4.79 Å². The van der Waals surface area contributed by atoms with E-state index < -0.39 is 0 Å². The lowest BCUT2D eigenvalue weighted by Crippen LogP contribution is -2.17. The zero-order chi connectivity index (χ0) is 10.8. The number of carbonyl (C=O) groups excluding carboxylic acids is 1. The van der Waals surface area contributed by atoms with Crippen molar-refractivity contribution in [1.29, 1.82) is 0 Å². The first-order valence-electron chi connectivity index (χ1n) is 4.80. The number of halogens is 1. The fraction of sp³-hybridized carbons (Fsp3) is 0.250. The largest absolute Gasteiger partial charge is 0.430 e. The van der Waals surface area contributed by atoms with E-state index in [0.29, 0.717) is 17.2 Å². The average molecular weight is 223 g/mol. The van der Waals surface area contributed by atoms with Gasteiger partial charge in [-0.25, -0.2) is 0 Å². The van der Waals surface area contributed by atoms with Gasteiger partial charge in [-0.1, -0.05) is 41.9 Å². The molecule has 1 aromatic rings. The lowest BCUT2D eigenvalue weighted by Gasteiger charge is -2.28. The number of carbonyl (C=O) groups is 1. The third-order valence-electron chi connectivity index (χ3n) is 2.43. The summed E-state index contributed by atoms with van der Waals surface area (Å²) in [4.78, 5) is 10.7. The van der Waals surface area contributed by atoms with E-state index in [1.807, 2.05) is 30.3 Å². The molecule has 0 radical (unpaired) electrons. The summed E-state index contributed by atoms with van der Waals surface area (Å²) < 4.78 is 4.96. The highest BCUT2D eigenvalue weighted by atomic mass is 35.5. The summed E-state index contributed by atoms with van der Waals surface area (Å²) in [5.41, 5.74) is 1.17. The Kier molecular flexibility index (Phi) is 2.78. The minimum absolute atomic E-state index is 0.196. The van der Waals surface area contributed by atoms with Gasteiger partial charge in [-0.15, -0.1) is 0 Å². The van der Waals surface area contributed by atoms with Gasteiger partial charge in [0.2, 0.25) is 0 Å². The van der Waals surface area contributed by atoms with Crippen LogP contribution >= 0.6 is 11.6 Å². The van der Waals surface area contributed by atoms with E-state index in [0.717, 1.165) is 0 Å². The third-order valence-corrected chi connectivity index (χ3v) is 2.90. The van der Waals surface area contributed by atoms with E-state index in [-0.39, 0.29) is 11.9 Å². The monoisotopic (exact) mass is 222 g/mol. The van der Waals surface area contributed by atoms with Crippen molar-refractivity contribution in [2.24, 2.45) is 0 Å². The summed E-state index contributed by atoms with van der Waals surface area (Å²) in [6.07, 6.45) is 0.711. The van der Waals surface area contributed by atoms with Crippen LogP contribution in [-0.2, 0) is 9.53 Å². The predicted molar refractivity (Wildman–Crippen MR) is 58.4 cm³/mol. The molecule has 0 amide bonds. The highest BCUT2D eigenvalue weighted by Crippen LogP contribution is 2.45. The molecule has 3 heteroatoms. The Morgan fingerprint density at radius 3 is 2.60 bits per heavy atom. The van der Waals surface area contributed by atoms with E-state index in [4.69, 9.17) is 16.3 Å². The molecular weight excluding hydrogens is 212 g/mol. The van der Waals surface area contributed by atoms with E-state index >= 15 is 0 Å². The topological polar surface area (TPSA) is 26.3 Å². The first-order valence-corrected chi connectivity index (χ1v) is 5.18. The second kappa shape index (κ2) is 4.07. The van der Waals surface area contributed by atoms with E-state index in [1.165, 1.54) is 12.5 Å². The van der Waals surface area contributed by atoms with Crippen molar-refractivity contribution < 1.29 is 9.53 Å². The molecule has 0 fully saturated rings. The molecule has 1 aromatic carbocycles. The molecule has 1 aliphatic carbocycles. The molecule has 2 rings (SSSR count).